The molecule has 1 saturated carbocycles. The molecule has 2 fully saturated rings. The minimum atomic E-state index is -1.11. The van der Waals surface area contributed by atoms with Gasteiger partial charge in [0.25, 0.3) is 0 Å². The Balaban J connectivity index is 1.67. The standard InChI is InChI=1S/C22H23N3O5/c1-13-28-11-16(12-29-13)30-18-10-17(22(26)27)23-21-19(18)20(14-6-5-7-14)24-25(21)15-8-3-2-4-9-15/h2-4,8-10,13-14,16H,5-7,11-12H2,1H3,(H,26,27). The van der Waals surface area contributed by atoms with Gasteiger partial charge in [-0.3, -0.25) is 0 Å². The van der Waals surface area contributed by atoms with E-state index in [-0.39, 0.29) is 18.1 Å². The zero-order valence-corrected chi connectivity index (χ0v) is 16.7. The molecule has 2 aromatic heterocycles. The molecule has 0 atom stereocenters. The van der Waals surface area contributed by atoms with E-state index in [9.17, 15) is 9.90 Å². The van der Waals surface area contributed by atoms with Crippen LogP contribution in [0.15, 0.2) is 36.4 Å². The van der Waals surface area contributed by atoms with Gasteiger partial charge < -0.3 is 19.3 Å². The van der Waals surface area contributed by atoms with Crippen molar-refractivity contribution in [2.45, 2.75) is 44.5 Å². The first-order valence-corrected chi connectivity index (χ1v) is 10.2. The number of hydrogen-bond acceptors (Lipinski definition) is 6. The van der Waals surface area contributed by atoms with Crippen molar-refractivity contribution < 1.29 is 24.1 Å². The van der Waals surface area contributed by atoms with Gasteiger partial charge in [0.05, 0.1) is 30.0 Å². The molecule has 0 amide bonds. The quantitative estimate of drug-likeness (QED) is 0.689. The Morgan fingerprint density at radius 2 is 1.93 bits per heavy atom. The van der Waals surface area contributed by atoms with Gasteiger partial charge in [0.2, 0.25) is 0 Å². The fraction of sp³-hybridized carbons (Fsp3) is 0.409. The number of fused-ring (bicyclic) bond motifs is 1. The van der Waals surface area contributed by atoms with Crippen LogP contribution in [0.2, 0.25) is 0 Å². The lowest BCUT2D eigenvalue weighted by Crippen LogP contribution is -2.38. The van der Waals surface area contributed by atoms with Crippen LogP contribution in [0.25, 0.3) is 16.7 Å². The number of carboxylic acid groups (broad SMARTS) is 1. The maximum atomic E-state index is 11.8. The van der Waals surface area contributed by atoms with Gasteiger partial charge in [-0.25, -0.2) is 14.5 Å². The monoisotopic (exact) mass is 409 g/mol. The van der Waals surface area contributed by atoms with Crippen LogP contribution >= 0.6 is 0 Å². The topological polar surface area (TPSA) is 95.7 Å². The lowest BCUT2D eigenvalue weighted by molar-refractivity contribution is -0.201. The molecular weight excluding hydrogens is 386 g/mol. The average Bonchev–Trinajstić information content (AvgIpc) is 3.08. The third-order valence-corrected chi connectivity index (χ3v) is 5.67. The van der Waals surface area contributed by atoms with E-state index in [2.05, 4.69) is 4.98 Å². The van der Waals surface area contributed by atoms with Crippen LogP contribution in [0.3, 0.4) is 0 Å². The minimum absolute atomic E-state index is 0.0826. The first-order chi connectivity index (χ1) is 14.6. The molecule has 8 heteroatoms. The number of benzene rings is 1. The number of carbonyl (C=O) groups is 1. The van der Waals surface area contributed by atoms with E-state index >= 15 is 0 Å². The van der Waals surface area contributed by atoms with E-state index < -0.39 is 5.97 Å². The largest absolute Gasteiger partial charge is 0.485 e. The molecule has 2 aliphatic rings. The fourth-order valence-corrected chi connectivity index (χ4v) is 3.86. The van der Waals surface area contributed by atoms with Crippen molar-refractivity contribution in [3.8, 4) is 11.4 Å². The summed E-state index contributed by atoms with van der Waals surface area (Å²) in [6.45, 7) is 2.58. The number of hydrogen-bond donors (Lipinski definition) is 1. The SMILES string of the molecule is CC1OCC(Oc2cc(C(=O)O)nc3c2c(C2CCC2)nn3-c2ccccc2)CO1. The van der Waals surface area contributed by atoms with Crippen molar-refractivity contribution in [2.75, 3.05) is 13.2 Å². The summed E-state index contributed by atoms with van der Waals surface area (Å²) in [5.74, 6) is -0.332. The molecule has 3 heterocycles. The Labute approximate surface area is 173 Å². The zero-order valence-electron chi connectivity index (χ0n) is 16.7. The highest BCUT2D eigenvalue weighted by atomic mass is 16.7. The molecule has 0 bridgehead atoms. The molecule has 1 saturated heterocycles. The summed E-state index contributed by atoms with van der Waals surface area (Å²) in [5.41, 5.74) is 2.14. The Morgan fingerprint density at radius 3 is 2.57 bits per heavy atom. The zero-order chi connectivity index (χ0) is 20.7. The molecular formula is C22H23N3O5. The second-order valence-electron chi connectivity index (χ2n) is 7.74. The van der Waals surface area contributed by atoms with Crippen LogP contribution in [0.1, 0.15) is 48.3 Å². The second kappa shape index (κ2) is 7.70. The molecule has 1 aromatic carbocycles. The van der Waals surface area contributed by atoms with Crippen molar-refractivity contribution in [1.29, 1.82) is 0 Å². The van der Waals surface area contributed by atoms with Crippen LogP contribution < -0.4 is 4.74 Å². The third-order valence-electron chi connectivity index (χ3n) is 5.67. The summed E-state index contributed by atoms with van der Waals surface area (Å²) < 4.78 is 19.0. The maximum absolute atomic E-state index is 11.8. The van der Waals surface area contributed by atoms with Gasteiger partial charge in [-0.1, -0.05) is 24.6 Å². The first kappa shape index (κ1) is 19.0. The van der Waals surface area contributed by atoms with Crippen molar-refractivity contribution in [2.24, 2.45) is 0 Å². The van der Waals surface area contributed by atoms with Gasteiger partial charge in [0.15, 0.2) is 17.6 Å². The third kappa shape index (κ3) is 3.42. The number of aromatic nitrogens is 3. The molecule has 0 radical (unpaired) electrons. The van der Waals surface area contributed by atoms with E-state index in [1.807, 2.05) is 37.3 Å². The first-order valence-electron chi connectivity index (χ1n) is 10.2. The van der Waals surface area contributed by atoms with Crippen molar-refractivity contribution in [1.82, 2.24) is 14.8 Å². The molecule has 0 unspecified atom stereocenters. The molecule has 1 N–H and O–H groups in total. The van der Waals surface area contributed by atoms with Crippen molar-refractivity contribution in [3.05, 3.63) is 47.8 Å². The number of para-hydroxylation sites is 1. The van der Waals surface area contributed by atoms with Crippen LogP contribution in [0, 0.1) is 0 Å². The normalized spacial score (nSPS) is 22.0. The highest BCUT2D eigenvalue weighted by molar-refractivity contribution is 5.94. The second-order valence-corrected chi connectivity index (χ2v) is 7.74. The fourth-order valence-electron chi connectivity index (χ4n) is 3.86. The summed E-state index contributed by atoms with van der Waals surface area (Å²) in [6.07, 6.45) is 2.65. The predicted octanol–water partition coefficient (Wildman–Crippen LogP) is 3.53. The minimum Gasteiger partial charge on any atom is -0.485 e. The molecule has 8 nitrogen and oxygen atoms in total. The summed E-state index contributed by atoms with van der Waals surface area (Å²) in [6, 6.07) is 11.1. The highest BCUT2D eigenvalue weighted by Gasteiger charge is 2.31. The number of rotatable bonds is 5. The van der Waals surface area contributed by atoms with E-state index in [4.69, 9.17) is 19.3 Å². The van der Waals surface area contributed by atoms with Crippen molar-refractivity contribution in [3.63, 3.8) is 0 Å². The average molecular weight is 409 g/mol. The molecule has 1 aliphatic carbocycles. The summed E-state index contributed by atoms with van der Waals surface area (Å²) in [4.78, 5) is 16.2. The maximum Gasteiger partial charge on any atom is 0.354 e. The smallest absolute Gasteiger partial charge is 0.354 e. The van der Waals surface area contributed by atoms with Crippen LogP contribution in [-0.2, 0) is 9.47 Å². The van der Waals surface area contributed by atoms with Gasteiger partial charge in [-0.05, 0) is 31.9 Å². The molecule has 1 aliphatic heterocycles. The number of aromatic carboxylic acids is 1. The Hall–Kier alpha value is -2.97. The number of pyridine rings is 1. The molecule has 5 rings (SSSR count). The molecule has 0 spiro atoms. The van der Waals surface area contributed by atoms with Gasteiger partial charge in [-0.15, -0.1) is 0 Å². The summed E-state index contributed by atoms with van der Waals surface area (Å²) in [5, 5.41) is 15.3. The van der Waals surface area contributed by atoms with Crippen molar-refractivity contribution >= 4 is 17.0 Å². The van der Waals surface area contributed by atoms with E-state index in [1.165, 1.54) is 6.07 Å². The predicted molar refractivity (Wildman–Crippen MR) is 108 cm³/mol. The van der Waals surface area contributed by atoms with Gasteiger partial charge in [0.1, 0.15) is 11.9 Å². The Morgan fingerprint density at radius 1 is 1.20 bits per heavy atom. The molecule has 156 valence electrons. The summed E-state index contributed by atoms with van der Waals surface area (Å²) in [7, 11) is 0. The van der Waals surface area contributed by atoms with E-state index in [1.54, 1.807) is 4.68 Å². The molecule has 3 aromatic rings. The van der Waals surface area contributed by atoms with E-state index in [0.717, 1.165) is 36.0 Å². The number of carboxylic acids is 1. The Bertz CT molecular complexity index is 1070. The Kier molecular flexibility index (Phi) is 4.88. The number of ether oxygens (including phenoxy) is 3. The van der Waals surface area contributed by atoms with E-state index in [0.29, 0.717) is 30.5 Å². The summed E-state index contributed by atoms with van der Waals surface area (Å²) >= 11 is 0. The lowest BCUT2D eigenvalue weighted by Gasteiger charge is -2.28. The molecule has 30 heavy (non-hydrogen) atoms. The lowest BCUT2D eigenvalue weighted by atomic mass is 9.82. The van der Waals surface area contributed by atoms with Gasteiger partial charge >= 0.3 is 5.97 Å². The van der Waals surface area contributed by atoms with Crippen LogP contribution in [0.5, 0.6) is 5.75 Å². The van der Waals surface area contributed by atoms with Gasteiger partial charge in [0, 0.05) is 12.0 Å². The highest BCUT2D eigenvalue weighted by Crippen LogP contribution is 2.42. The number of nitrogens with zero attached hydrogens (tertiary/aromatic N) is 3. The van der Waals surface area contributed by atoms with Crippen LogP contribution in [0.4, 0.5) is 0 Å². The van der Waals surface area contributed by atoms with Crippen LogP contribution in [-0.4, -0.2) is 51.4 Å². The van der Waals surface area contributed by atoms with Gasteiger partial charge in [-0.2, -0.15) is 5.10 Å².